The van der Waals surface area contributed by atoms with Crippen molar-refractivity contribution in [2.45, 2.75) is 12.8 Å². The lowest BCUT2D eigenvalue weighted by Crippen LogP contribution is -2.38. The number of carbonyl (C=O) groups excluding carboxylic acids is 1. The van der Waals surface area contributed by atoms with Crippen LogP contribution in [0, 0.1) is 17.2 Å². The number of carbonyl (C=O) groups is 1. The van der Waals surface area contributed by atoms with Gasteiger partial charge in [0.2, 0.25) is 17.5 Å². The summed E-state index contributed by atoms with van der Waals surface area (Å²) in [5.41, 5.74) is 2.81. The zero-order valence-corrected chi connectivity index (χ0v) is 17.1. The number of nitrogens with zero attached hydrogens (tertiary/aromatic N) is 4. The zero-order chi connectivity index (χ0) is 21.9. The second-order valence-electron chi connectivity index (χ2n) is 7.56. The molecule has 0 unspecified atom stereocenters. The van der Waals surface area contributed by atoms with Crippen LogP contribution in [0.2, 0.25) is 0 Å². The summed E-state index contributed by atoms with van der Waals surface area (Å²) in [7, 11) is 0. The summed E-state index contributed by atoms with van der Waals surface area (Å²) in [6.07, 6.45) is 4.51. The van der Waals surface area contributed by atoms with Crippen molar-refractivity contribution in [2.75, 3.05) is 23.3 Å². The number of benzene rings is 1. The Morgan fingerprint density at radius 1 is 1.22 bits per heavy atom. The predicted octanol–water partition coefficient (Wildman–Crippen LogP) is 4.05. The number of H-pyrrole nitrogens is 1. The van der Waals surface area contributed by atoms with Crippen molar-refractivity contribution in [3.05, 3.63) is 60.6 Å². The first kappa shape index (κ1) is 19.6. The standard InChI is InChI=1S/C23H20N6O3/c24-14-19-23(32-22(27-19)20-5-2-12-31-20)29-10-7-15(8-11-29)21(30)26-17-4-1-3-16(13-17)18-6-9-25-28-18/h1-6,9,12-13,15H,7-8,10-11H2,(H,25,28)(H,26,30). The van der Waals surface area contributed by atoms with Crippen LogP contribution in [0.25, 0.3) is 22.9 Å². The highest BCUT2D eigenvalue weighted by atomic mass is 16.4. The van der Waals surface area contributed by atoms with E-state index in [0.717, 1.165) is 16.9 Å². The summed E-state index contributed by atoms with van der Waals surface area (Å²) in [6.45, 7) is 1.18. The quantitative estimate of drug-likeness (QED) is 0.491. The molecule has 1 aliphatic heterocycles. The van der Waals surface area contributed by atoms with Crippen LogP contribution >= 0.6 is 0 Å². The van der Waals surface area contributed by atoms with Gasteiger partial charge in [-0.05, 0) is 43.2 Å². The zero-order valence-electron chi connectivity index (χ0n) is 17.1. The van der Waals surface area contributed by atoms with Crippen LogP contribution in [0.15, 0.2) is 63.8 Å². The van der Waals surface area contributed by atoms with Gasteiger partial charge in [-0.15, -0.1) is 0 Å². The molecular formula is C23H20N6O3. The van der Waals surface area contributed by atoms with Gasteiger partial charge in [-0.2, -0.15) is 15.3 Å². The Labute approximate surface area is 183 Å². The molecule has 160 valence electrons. The SMILES string of the molecule is N#Cc1nc(-c2ccco2)oc1N1CCC(C(=O)Nc2cccc(-c3ccn[nH]3)c2)CC1. The molecule has 1 amide bonds. The molecule has 9 nitrogen and oxygen atoms in total. The minimum atomic E-state index is -0.125. The Kier molecular flexibility index (Phi) is 5.17. The minimum Gasteiger partial charge on any atom is -0.459 e. The van der Waals surface area contributed by atoms with E-state index in [9.17, 15) is 10.1 Å². The predicted molar refractivity (Wildman–Crippen MR) is 117 cm³/mol. The van der Waals surface area contributed by atoms with Crippen LogP contribution < -0.4 is 10.2 Å². The molecule has 3 aromatic heterocycles. The number of furan rings is 1. The maximum atomic E-state index is 12.8. The fourth-order valence-corrected chi connectivity index (χ4v) is 3.88. The summed E-state index contributed by atoms with van der Waals surface area (Å²) >= 11 is 0. The molecule has 0 spiro atoms. The highest BCUT2D eigenvalue weighted by molar-refractivity contribution is 5.93. The van der Waals surface area contributed by atoms with Gasteiger partial charge in [0.15, 0.2) is 5.76 Å². The summed E-state index contributed by atoms with van der Waals surface area (Å²) in [5, 5.41) is 19.4. The molecule has 0 saturated carbocycles. The van der Waals surface area contributed by atoms with Crippen molar-refractivity contribution >= 4 is 17.5 Å². The Bertz CT molecular complexity index is 1250. The minimum absolute atomic E-state index is 0.0132. The summed E-state index contributed by atoms with van der Waals surface area (Å²) in [6, 6.07) is 15.1. The van der Waals surface area contributed by atoms with Crippen LogP contribution in [-0.4, -0.2) is 34.2 Å². The lowest BCUT2D eigenvalue weighted by Gasteiger charge is -2.31. The molecule has 4 heterocycles. The van der Waals surface area contributed by atoms with E-state index in [1.807, 2.05) is 35.2 Å². The number of aromatic nitrogens is 3. The molecule has 1 fully saturated rings. The van der Waals surface area contributed by atoms with Crippen molar-refractivity contribution < 1.29 is 13.6 Å². The van der Waals surface area contributed by atoms with E-state index >= 15 is 0 Å². The van der Waals surface area contributed by atoms with Crippen molar-refractivity contribution in [1.82, 2.24) is 15.2 Å². The number of nitriles is 1. The number of aromatic amines is 1. The van der Waals surface area contributed by atoms with Crippen molar-refractivity contribution in [1.29, 1.82) is 5.26 Å². The first-order chi connectivity index (χ1) is 15.7. The third kappa shape index (κ3) is 3.86. The normalized spacial score (nSPS) is 14.3. The summed E-state index contributed by atoms with van der Waals surface area (Å²) < 4.78 is 11.1. The second kappa shape index (κ2) is 8.43. The second-order valence-corrected chi connectivity index (χ2v) is 7.56. The Hall–Kier alpha value is -4.32. The number of nitrogens with one attached hydrogen (secondary N) is 2. The Balaban J connectivity index is 1.23. The van der Waals surface area contributed by atoms with Crippen molar-refractivity contribution in [3.8, 4) is 29.0 Å². The smallest absolute Gasteiger partial charge is 0.266 e. The highest BCUT2D eigenvalue weighted by Gasteiger charge is 2.29. The molecule has 4 aromatic rings. The van der Waals surface area contributed by atoms with Gasteiger partial charge in [-0.3, -0.25) is 9.89 Å². The molecule has 2 N–H and O–H groups in total. The largest absolute Gasteiger partial charge is 0.459 e. The third-order valence-corrected chi connectivity index (χ3v) is 5.54. The molecule has 32 heavy (non-hydrogen) atoms. The number of amides is 1. The van der Waals surface area contributed by atoms with Crippen LogP contribution in [0.4, 0.5) is 11.6 Å². The number of rotatable bonds is 5. The summed E-state index contributed by atoms with van der Waals surface area (Å²) in [4.78, 5) is 19.0. The van der Waals surface area contributed by atoms with E-state index in [-0.39, 0.29) is 23.4 Å². The van der Waals surface area contributed by atoms with E-state index in [4.69, 9.17) is 8.83 Å². The van der Waals surface area contributed by atoms with Crippen molar-refractivity contribution in [2.24, 2.45) is 5.92 Å². The third-order valence-electron chi connectivity index (χ3n) is 5.54. The number of piperidine rings is 1. The Morgan fingerprint density at radius 2 is 2.09 bits per heavy atom. The molecule has 1 saturated heterocycles. The molecule has 0 aliphatic carbocycles. The molecule has 0 atom stereocenters. The average Bonchev–Trinajstić information content (AvgIpc) is 3.61. The van der Waals surface area contributed by atoms with E-state index in [0.29, 0.717) is 37.6 Å². The molecular weight excluding hydrogens is 408 g/mol. The number of anilines is 2. The first-order valence-electron chi connectivity index (χ1n) is 10.3. The van der Waals surface area contributed by atoms with Gasteiger partial charge in [-0.1, -0.05) is 12.1 Å². The fraction of sp³-hybridized carbons (Fsp3) is 0.217. The van der Waals surface area contributed by atoms with E-state index in [1.165, 1.54) is 6.26 Å². The number of hydrogen-bond acceptors (Lipinski definition) is 7. The molecule has 1 aromatic carbocycles. The van der Waals surface area contributed by atoms with E-state index < -0.39 is 0 Å². The van der Waals surface area contributed by atoms with Crippen LogP contribution in [0.5, 0.6) is 0 Å². The molecule has 5 rings (SSSR count). The van der Waals surface area contributed by atoms with Gasteiger partial charge in [0.05, 0.1) is 12.0 Å². The van der Waals surface area contributed by atoms with Gasteiger partial charge < -0.3 is 19.1 Å². The lowest BCUT2D eigenvalue weighted by atomic mass is 9.95. The van der Waals surface area contributed by atoms with Crippen LogP contribution in [0.3, 0.4) is 0 Å². The van der Waals surface area contributed by atoms with Gasteiger partial charge in [0, 0.05) is 36.5 Å². The summed E-state index contributed by atoms with van der Waals surface area (Å²) in [5.74, 6) is 1.03. The topological polar surface area (TPSA) is 124 Å². The molecule has 0 bridgehead atoms. The Morgan fingerprint density at radius 3 is 2.81 bits per heavy atom. The monoisotopic (exact) mass is 428 g/mol. The van der Waals surface area contributed by atoms with Crippen LogP contribution in [0.1, 0.15) is 18.5 Å². The first-order valence-corrected chi connectivity index (χ1v) is 10.3. The van der Waals surface area contributed by atoms with Gasteiger partial charge in [0.25, 0.3) is 5.89 Å². The van der Waals surface area contributed by atoms with E-state index in [2.05, 4.69) is 26.6 Å². The maximum absolute atomic E-state index is 12.8. The van der Waals surface area contributed by atoms with Gasteiger partial charge in [-0.25, -0.2) is 0 Å². The average molecular weight is 428 g/mol. The van der Waals surface area contributed by atoms with Gasteiger partial charge >= 0.3 is 0 Å². The number of hydrogen-bond donors (Lipinski definition) is 2. The molecule has 0 radical (unpaired) electrons. The maximum Gasteiger partial charge on any atom is 0.266 e. The van der Waals surface area contributed by atoms with Crippen LogP contribution in [-0.2, 0) is 4.79 Å². The molecule has 9 heteroatoms. The van der Waals surface area contributed by atoms with E-state index in [1.54, 1.807) is 18.3 Å². The van der Waals surface area contributed by atoms with Gasteiger partial charge in [0.1, 0.15) is 6.07 Å². The lowest BCUT2D eigenvalue weighted by molar-refractivity contribution is -0.120. The van der Waals surface area contributed by atoms with Crippen molar-refractivity contribution in [3.63, 3.8) is 0 Å². The highest BCUT2D eigenvalue weighted by Crippen LogP contribution is 2.31. The fourth-order valence-electron chi connectivity index (χ4n) is 3.88. The number of oxazole rings is 1. The molecule has 1 aliphatic rings.